The quantitative estimate of drug-likeness (QED) is 0.435. The Morgan fingerprint density at radius 2 is 1.89 bits per heavy atom. The molecule has 2 aromatic carbocycles. The van der Waals surface area contributed by atoms with Gasteiger partial charge in [-0.1, -0.05) is 65.8 Å². The Kier molecular flexibility index (Phi) is 6.17. The molecule has 0 aliphatic rings. The van der Waals surface area contributed by atoms with Gasteiger partial charge < -0.3 is 11.2 Å². The van der Waals surface area contributed by atoms with E-state index in [2.05, 4.69) is 20.8 Å². The number of aromatic nitrogens is 3. The normalized spacial score (nSPS) is 11.6. The van der Waals surface area contributed by atoms with Crippen LogP contribution in [0, 0.1) is 0 Å². The highest BCUT2D eigenvalue weighted by molar-refractivity contribution is 8.00. The second-order valence-corrected chi connectivity index (χ2v) is 7.17. The van der Waals surface area contributed by atoms with E-state index in [-0.39, 0.29) is 0 Å². The minimum atomic E-state index is -0.753. The van der Waals surface area contributed by atoms with Gasteiger partial charge >= 0.3 is 6.03 Å². The molecular weight excluding hydrogens is 400 g/mol. The van der Waals surface area contributed by atoms with Crippen molar-refractivity contribution in [1.29, 1.82) is 0 Å². The predicted octanol–water partition coefficient (Wildman–Crippen LogP) is 2.60. The van der Waals surface area contributed by atoms with E-state index in [1.54, 1.807) is 48.5 Å². The van der Waals surface area contributed by atoms with E-state index in [1.165, 1.54) is 11.7 Å². The van der Waals surface area contributed by atoms with Crippen molar-refractivity contribution in [2.24, 2.45) is 0 Å². The zero-order valence-electron chi connectivity index (χ0n) is 14.8. The molecule has 0 fully saturated rings. The van der Waals surface area contributed by atoms with Crippen LogP contribution >= 0.6 is 23.4 Å². The van der Waals surface area contributed by atoms with Crippen molar-refractivity contribution in [3.05, 3.63) is 65.2 Å². The van der Waals surface area contributed by atoms with Crippen molar-refractivity contribution in [1.82, 2.24) is 25.5 Å². The summed E-state index contributed by atoms with van der Waals surface area (Å²) in [6.45, 7) is 0. The fraction of sp³-hybridized carbons (Fsp3) is 0.111. The average Bonchev–Trinajstić information content (AvgIpc) is 3.06. The summed E-state index contributed by atoms with van der Waals surface area (Å²) in [6.07, 6.45) is 0. The van der Waals surface area contributed by atoms with Crippen LogP contribution < -0.4 is 16.5 Å². The number of thioether (sulfide) groups is 1. The molecule has 0 radical (unpaired) electrons. The van der Waals surface area contributed by atoms with Crippen LogP contribution in [0.3, 0.4) is 0 Å². The van der Waals surface area contributed by atoms with E-state index in [0.29, 0.717) is 27.1 Å². The fourth-order valence-corrected chi connectivity index (χ4v) is 3.58. The van der Waals surface area contributed by atoms with E-state index in [4.69, 9.17) is 17.4 Å². The fourth-order valence-electron chi connectivity index (χ4n) is 2.43. The number of amides is 3. The molecule has 0 aliphatic carbocycles. The van der Waals surface area contributed by atoms with Crippen LogP contribution in [0.4, 0.5) is 4.79 Å². The van der Waals surface area contributed by atoms with Crippen molar-refractivity contribution in [3.8, 4) is 11.4 Å². The maximum absolute atomic E-state index is 12.6. The molecule has 144 valence electrons. The Balaban J connectivity index is 1.91. The number of halogens is 1. The van der Waals surface area contributed by atoms with Gasteiger partial charge in [-0.15, -0.1) is 10.2 Å². The number of imide groups is 1. The largest absolute Gasteiger partial charge is 0.341 e. The number of nitrogens with two attached hydrogens (primary N) is 1. The van der Waals surface area contributed by atoms with Gasteiger partial charge in [0.1, 0.15) is 5.25 Å². The molecule has 3 aromatic rings. The monoisotopic (exact) mass is 416 g/mol. The van der Waals surface area contributed by atoms with Crippen molar-refractivity contribution >= 4 is 35.3 Å². The minimum Gasteiger partial charge on any atom is -0.341 e. The van der Waals surface area contributed by atoms with Gasteiger partial charge in [0.2, 0.25) is 11.1 Å². The SMILES string of the molecule is CNC(=O)NC(=O)[C@H](Sc1nnc(-c2cccc(Cl)c2)n1N)c1ccccc1. The first-order chi connectivity index (χ1) is 13.5. The molecule has 3 amide bonds. The van der Waals surface area contributed by atoms with Gasteiger partial charge in [0.15, 0.2) is 5.82 Å². The van der Waals surface area contributed by atoms with Crippen molar-refractivity contribution < 1.29 is 9.59 Å². The second-order valence-electron chi connectivity index (χ2n) is 5.66. The number of nitrogens with one attached hydrogen (secondary N) is 2. The van der Waals surface area contributed by atoms with Gasteiger partial charge in [-0.3, -0.25) is 10.1 Å². The van der Waals surface area contributed by atoms with Crippen LogP contribution in [0.1, 0.15) is 10.8 Å². The van der Waals surface area contributed by atoms with Crippen LogP contribution in [-0.4, -0.2) is 33.9 Å². The lowest BCUT2D eigenvalue weighted by Gasteiger charge is -2.15. The third-order valence-corrected chi connectivity index (χ3v) is 5.22. The lowest BCUT2D eigenvalue weighted by atomic mass is 10.1. The summed E-state index contributed by atoms with van der Waals surface area (Å²) >= 11 is 7.12. The maximum Gasteiger partial charge on any atom is 0.321 e. The smallest absolute Gasteiger partial charge is 0.321 e. The molecule has 0 unspecified atom stereocenters. The molecule has 0 spiro atoms. The van der Waals surface area contributed by atoms with Crippen LogP contribution in [0.2, 0.25) is 5.02 Å². The molecule has 0 saturated heterocycles. The summed E-state index contributed by atoms with van der Waals surface area (Å²) in [5, 5.41) is 13.0. The molecule has 1 atom stereocenters. The number of carbonyl (C=O) groups is 2. The van der Waals surface area contributed by atoms with Gasteiger partial charge in [-0.2, -0.15) is 0 Å². The Bertz CT molecular complexity index is 995. The first-order valence-electron chi connectivity index (χ1n) is 8.20. The highest BCUT2D eigenvalue weighted by Gasteiger charge is 2.26. The van der Waals surface area contributed by atoms with Gasteiger partial charge in [0, 0.05) is 17.6 Å². The Morgan fingerprint density at radius 3 is 2.57 bits per heavy atom. The van der Waals surface area contributed by atoms with E-state index < -0.39 is 17.2 Å². The number of hydrogen-bond acceptors (Lipinski definition) is 6. The van der Waals surface area contributed by atoms with Crippen LogP contribution in [-0.2, 0) is 4.79 Å². The molecule has 3 rings (SSSR count). The minimum absolute atomic E-state index is 0.316. The van der Waals surface area contributed by atoms with Crippen LogP contribution in [0.15, 0.2) is 59.8 Å². The summed E-state index contributed by atoms with van der Waals surface area (Å²) in [5.41, 5.74) is 1.39. The number of carbonyl (C=O) groups excluding carboxylic acids is 2. The molecule has 0 bridgehead atoms. The van der Waals surface area contributed by atoms with Gasteiger partial charge in [-0.25, -0.2) is 9.47 Å². The molecule has 4 N–H and O–H groups in total. The maximum atomic E-state index is 12.6. The Morgan fingerprint density at radius 1 is 1.14 bits per heavy atom. The first-order valence-corrected chi connectivity index (χ1v) is 9.46. The third-order valence-electron chi connectivity index (χ3n) is 3.77. The van der Waals surface area contributed by atoms with E-state index in [1.807, 2.05) is 6.07 Å². The molecule has 8 nitrogen and oxygen atoms in total. The number of hydrogen-bond donors (Lipinski definition) is 3. The summed E-state index contributed by atoms with van der Waals surface area (Å²) < 4.78 is 1.29. The summed E-state index contributed by atoms with van der Waals surface area (Å²) in [7, 11) is 1.43. The van der Waals surface area contributed by atoms with Crippen LogP contribution in [0.25, 0.3) is 11.4 Å². The molecule has 0 saturated carbocycles. The molecular formula is C18H17ClN6O2S. The standard InChI is InChI=1S/C18H17ClN6O2S/c1-21-17(27)22-16(26)14(11-6-3-2-4-7-11)28-18-24-23-15(25(18)20)12-8-5-9-13(19)10-12/h2-10,14H,20H2,1H3,(H2,21,22,26,27)/t14-/m1/s1. The van der Waals surface area contributed by atoms with Gasteiger partial charge in [0.25, 0.3) is 0 Å². The van der Waals surface area contributed by atoms with Gasteiger partial charge in [-0.05, 0) is 17.7 Å². The topological polar surface area (TPSA) is 115 Å². The molecule has 1 aromatic heterocycles. The zero-order chi connectivity index (χ0) is 20.1. The number of urea groups is 1. The Labute approximate surface area is 170 Å². The van der Waals surface area contributed by atoms with E-state index >= 15 is 0 Å². The first kappa shape index (κ1) is 19.7. The van der Waals surface area contributed by atoms with Crippen molar-refractivity contribution in [3.63, 3.8) is 0 Å². The van der Waals surface area contributed by atoms with Gasteiger partial charge in [0.05, 0.1) is 0 Å². The predicted molar refractivity (Wildman–Crippen MR) is 108 cm³/mol. The van der Waals surface area contributed by atoms with Crippen LogP contribution in [0.5, 0.6) is 0 Å². The lowest BCUT2D eigenvalue weighted by Crippen LogP contribution is -2.39. The highest BCUT2D eigenvalue weighted by Crippen LogP contribution is 2.35. The molecule has 0 aliphatic heterocycles. The molecule has 28 heavy (non-hydrogen) atoms. The number of benzene rings is 2. The summed E-state index contributed by atoms with van der Waals surface area (Å²) in [6, 6.07) is 15.5. The van der Waals surface area contributed by atoms with Crippen molar-refractivity contribution in [2.45, 2.75) is 10.4 Å². The average molecular weight is 417 g/mol. The number of nitrogen functional groups attached to an aromatic ring is 1. The van der Waals surface area contributed by atoms with E-state index in [0.717, 1.165) is 11.8 Å². The zero-order valence-corrected chi connectivity index (χ0v) is 16.4. The molecule has 1 heterocycles. The summed E-state index contributed by atoms with van der Waals surface area (Å²) in [5.74, 6) is 6.06. The van der Waals surface area contributed by atoms with E-state index in [9.17, 15) is 9.59 Å². The third kappa shape index (κ3) is 4.44. The number of nitrogens with zero attached hydrogens (tertiary/aromatic N) is 3. The second kappa shape index (κ2) is 8.77. The Hall–Kier alpha value is -3.04. The number of rotatable bonds is 5. The van der Waals surface area contributed by atoms with Crippen molar-refractivity contribution in [2.75, 3.05) is 12.9 Å². The lowest BCUT2D eigenvalue weighted by molar-refractivity contribution is -0.119. The highest BCUT2D eigenvalue weighted by atomic mass is 35.5. The summed E-state index contributed by atoms with van der Waals surface area (Å²) in [4.78, 5) is 24.2. The molecule has 10 heteroatoms.